The molecule has 0 saturated carbocycles. The summed E-state index contributed by atoms with van der Waals surface area (Å²) in [6.45, 7) is 2.73. The number of amides is 1. The molecule has 17 heavy (non-hydrogen) atoms. The molecular weight excluding hydrogens is 238 g/mol. The monoisotopic (exact) mass is 255 g/mol. The maximum absolute atomic E-state index is 11.7. The van der Waals surface area contributed by atoms with Crippen LogP contribution in [-0.2, 0) is 0 Å². The Bertz CT molecular complexity index is 380. The lowest BCUT2D eigenvalue weighted by molar-refractivity contribution is 0.0953. The Kier molecular flexibility index (Phi) is 6.01. The van der Waals surface area contributed by atoms with Gasteiger partial charge in [-0.2, -0.15) is 0 Å². The van der Waals surface area contributed by atoms with Gasteiger partial charge in [0.15, 0.2) is 0 Å². The molecule has 0 bridgehead atoms. The molecule has 0 aliphatic heterocycles. The van der Waals surface area contributed by atoms with Crippen LogP contribution in [-0.4, -0.2) is 24.2 Å². The number of benzene rings is 1. The van der Waals surface area contributed by atoms with Gasteiger partial charge in [-0.05, 0) is 49.9 Å². The second-order valence-electron chi connectivity index (χ2n) is 4.00. The van der Waals surface area contributed by atoms with Crippen molar-refractivity contribution in [2.45, 2.75) is 26.2 Å². The van der Waals surface area contributed by atoms with Gasteiger partial charge in [0.1, 0.15) is 0 Å². The summed E-state index contributed by atoms with van der Waals surface area (Å²) in [6, 6.07) is 5.24. The third kappa shape index (κ3) is 4.75. The number of hydrogen-bond donors (Lipinski definition) is 2. The molecule has 94 valence electrons. The molecule has 4 heteroatoms. The molecule has 0 aromatic heterocycles. The van der Waals surface area contributed by atoms with Crippen molar-refractivity contribution in [3.63, 3.8) is 0 Å². The van der Waals surface area contributed by atoms with E-state index in [1.54, 1.807) is 18.2 Å². The Hall–Kier alpha value is -1.06. The molecule has 0 aliphatic rings. The Morgan fingerprint density at radius 2 is 2.12 bits per heavy atom. The van der Waals surface area contributed by atoms with Crippen LogP contribution in [0.4, 0.5) is 0 Å². The van der Waals surface area contributed by atoms with Gasteiger partial charge in [-0.15, -0.1) is 0 Å². The SMILES string of the molecule is Cc1cc(C(=O)NCCCCCO)ccc1Cl. The highest BCUT2D eigenvalue weighted by atomic mass is 35.5. The van der Waals surface area contributed by atoms with Crippen LogP contribution in [0.1, 0.15) is 35.2 Å². The molecule has 0 spiro atoms. The zero-order valence-corrected chi connectivity index (χ0v) is 10.8. The first-order chi connectivity index (χ1) is 8.15. The number of carbonyl (C=O) groups is 1. The van der Waals surface area contributed by atoms with Crippen LogP contribution < -0.4 is 5.32 Å². The number of aliphatic hydroxyl groups excluding tert-OH is 1. The zero-order valence-electron chi connectivity index (χ0n) is 10.0. The molecule has 3 nitrogen and oxygen atoms in total. The van der Waals surface area contributed by atoms with E-state index in [1.165, 1.54) is 0 Å². The number of carbonyl (C=O) groups excluding carboxylic acids is 1. The highest BCUT2D eigenvalue weighted by Crippen LogP contribution is 2.16. The van der Waals surface area contributed by atoms with E-state index in [4.69, 9.17) is 16.7 Å². The minimum atomic E-state index is -0.0752. The minimum absolute atomic E-state index is 0.0752. The summed E-state index contributed by atoms with van der Waals surface area (Å²) in [5, 5.41) is 12.1. The first-order valence-electron chi connectivity index (χ1n) is 5.80. The Morgan fingerprint density at radius 1 is 1.35 bits per heavy atom. The van der Waals surface area contributed by atoms with E-state index in [9.17, 15) is 4.79 Å². The van der Waals surface area contributed by atoms with Crippen molar-refractivity contribution in [1.29, 1.82) is 0 Å². The molecule has 1 rings (SSSR count). The summed E-state index contributed by atoms with van der Waals surface area (Å²) >= 11 is 5.89. The summed E-state index contributed by atoms with van der Waals surface area (Å²) in [7, 11) is 0. The maximum Gasteiger partial charge on any atom is 0.251 e. The molecule has 0 saturated heterocycles. The van der Waals surface area contributed by atoms with E-state index in [0.29, 0.717) is 17.1 Å². The lowest BCUT2D eigenvalue weighted by Crippen LogP contribution is -2.24. The number of unbranched alkanes of at least 4 members (excludes halogenated alkanes) is 2. The van der Waals surface area contributed by atoms with E-state index in [1.807, 2.05) is 6.92 Å². The van der Waals surface area contributed by atoms with E-state index in [2.05, 4.69) is 5.32 Å². The standard InChI is InChI=1S/C13H18ClNO2/c1-10-9-11(5-6-12(10)14)13(17)15-7-3-2-4-8-16/h5-6,9,16H,2-4,7-8H2,1H3,(H,15,17). The molecule has 0 radical (unpaired) electrons. The number of aliphatic hydroxyl groups is 1. The van der Waals surface area contributed by atoms with E-state index in [0.717, 1.165) is 24.8 Å². The van der Waals surface area contributed by atoms with Gasteiger partial charge < -0.3 is 10.4 Å². The summed E-state index contributed by atoms with van der Waals surface area (Å²) < 4.78 is 0. The minimum Gasteiger partial charge on any atom is -0.396 e. The van der Waals surface area contributed by atoms with Crippen LogP contribution >= 0.6 is 11.6 Å². The van der Waals surface area contributed by atoms with E-state index < -0.39 is 0 Å². The van der Waals surface area contributed by atoms with Crippen molar-refractivity contribution in [1.82, 2.24) is 5.32 Å². The van der Waals surface area contributed by atoms with Crippen LogP contribution in [0, 0.1) is 6.92 Å². The van der Waals surface area contributed by atoms with Gasteiger partial charge in [-0.25, -0.2) is 0 Å². The second-order valence-corrected chi connectivity index (χ2v) is 4.41. The quantitative estimate of drug-likeness (QED) is 0.768. The largest absolute Gasteiger partial charge is 0.396 e. The van der Waals surface area contributed by atoms with E-state index in [-0.39, 0.29) is 12.5 Å². The summed E-state index contributed by atoms with van der Waals surface area (Å²) in [6.07, 6.45) is 2.60. The van der Waals surface area contributed by atoms with E-state index >= 15 is 0 Å². The number of nitrogens with one attached hydrogen (secondary N) is 1. The van der Waals surface area contributed by atoms with Gasteiger partial charge in [0.2, 0.25) is 0 Å². The highest BCUT2D eigenvalue weighted by molar-refractivity contribution is 6.31. The van der Waals surface area contributed by atoms with Crippen molar-refractivity contribution in [2.24, 2.45) is 0 Å². The normalized spacial score (nSPS) is 10.3. The first kappa shape index (κ1) is 14.0. The Morgan fingerprint density at radius 3 is 2.76 bits per heavy atom. The van der Waals surface area contributed by atoms with Crippen molar-refractivity contribution in [2.75, 3.05) is 13.2 Å². The van der Waals surface area contributed by atoms with Crippen molar-refractivity contribution < 1.29 is 9.90 Å². The molecule has 0 fully saturated rings. The average Bonchev–Trinajstić information content (AvgIpc) is 2.32. The number of rotatable bonds is 6. The van der Waals surface area contributed by atoms with Gasteiger partial charge in [0.25, 0.3) is 5.91 Å². The third-order valence-corrected chi connectivity index (χ3v) is 2.96. The van der Waals surface area contributed by atoms with Crippen LogP contribution in [0.2, 0.25) is 5.02 Å². The lowest BCUT2D eigenvalue weighted by Gasteiger charge is -2.06. The summed E-state index contributed by atoms with van der Waals surface area (Å²) in [5.74, 6) is -0.0752. The predicted octanol–water partition coefficient (Wildman–Crippen LogP) is 2.54. The van der Waals surface area contributed by atoms with Crippen LogP contribution in [0.15, 0.2) is 18.2 Å². The maximum atomic E-state index is 11.7. The van der Waals surface area contributed by atoms with Gasteiger partial charge in [-0.3, -0.25) is 4.79 Å². The topological polar surface area (TPSA) is 49.3 Å². The summed E-state index contributed by atoms with van der Waals surface area (Å²) in [5.41, 5.74) is 1.54. The number of aryl methyl sites for hydroxylation is 1. The van der Waals surface area contributed by atoms with Crippen molar-refractivity contribution in [3.8, 4) is 0 Å². The van der Waals surface area contributed by atoms with Gasteiger partial charge >= 0.3 is 0 Å². The molecule has 1 amide bonds. The molecule has 2 N–H and O–H groups in total. The lowest BCUT2D eigenvalue weighted by atomic mass is 10.1. The molecule has 0 aliphatic carbocycles. The molecular formula is C13H18ClNO2. The zero-order chi connectivity index (χ0) is 12.7. The highest BCUT2D eigenvalue weighted by Gasteiger charge is 2.05. The van der Waals surface area contributed by atoms with Gasteiger partial charge in [0, 0.05) is 23.7 Å². The molecule has 1 aromatic carbocycles. The molecule has 0 atom stereocenters. The van der Waals surface area contributed by atoms with Crippen molar-refractivity contribution >= 4 is 17.5 Å². The van der Waals surface area contributed by atoms with Crippen LogP contribution in [0.5, 0.6) is 0 Å². The Balaban J connectivity index is 2.39. The average molecular weight is 256 g/mol. The van der Waals surface area contributed by atoms with Gasteiger partial charge in [0.05, 0.1) is 0 Å². The fraction of sp³-hybridized carbons (Fsp3) is 0.462. The molecule has 0 unspecified atom stereocenters. The van der Waals surface area contributed by atoms with Crippen LogP contribution in [0.3, 0.4) is 0 Å². The predicted molar refractivity (Wildman–Crippen MR) is 69.5 cm³/mol. The third-order valence-electron chi connectivity index (χ3n) is 2.54. The summed E-state index contributed by atoms with van der Waals surface area (Å²) in [4.78, 5) is 11.7. The van der Waals surface area contributed by atoms with Crippen molar-refractivity contribution in [3.05, 3.63) is 34.3 Å². The van der Waals surface area contributed by atoms with Gasteiger partial charge in [-0.1, -0.05) is 11.6 Å². The second kappa shape index (κ2) is 7.30. The number of halogens is 1. The van der Waals surface area contributed by atoms with Crippen LogP contribution in [0.25, 0.3) is 0 Å². The molecule has 0 heterocycles. The number of hydrogen-bond acceptors (Lipinski definition) is 2. The fourth-order valence-electron chi connectivity index (χ4n) is 1.50. The fourth-order valence-corrected chi connectivity index (χ4v) is 1.62. The Labute approximate surface area is 107 Å². The molecule has 1 aromatic rings. The first-order valence-corrected chi connectivity index (χ1v) is 6.18. The smallest absolute Gasteiger partial charge is 0.251 e.